The summed E-state index contributed by atoms with van der Waals surface area (Å²) < 4.78 is 84.6. The van der Waals surface area contributed by atoms with Crippen molar-refractivity contribution in [3.8, 4) is 0 Å². The van der Waals surface area contributed by atoms with E-state index in [4.69, 9.17) is 0 Å². The van der Waals surface area contributed by atoms with E-state index in [1.54, 1.807) is 0 Å². The predicted octanol–water partition coefficient (Wildman–Crippen LogP) is 3.91. The number of Topliss-reactive ketones (excluding diaryl/α,β-unsaturated/α-hetero) is 1. The van der Waals surface area contributed by atoms with Crippen LogP contribution in [-0.2, 0) is 15.0 Å². The highest BCUT2D eigenvalue weighted by molar-refractivity contribution is 14.1. The molecule has 2 aromatic rings. The van der Waals surface area contributed by atoms with Crippen LogP contribution in [0.4, 0.5) is 34.6 Å². The Kier molecular flexibility index (Phi) is 6.33. The van der Waals surface area contributed by atoms with Crippen LogP contribution in [0.25, 0.3) is 0 Å². The van der Waals surface area contributed by atoms with E-state index in [9.17, 15) is 30.8 Å². The Bertz CT molecular complexity index is 1070. The van der Waals surface area contributed by atoms with Crippen LogP contribution >= 0.6 is 22.6 Å². The molecule has 2 N–H and O–H groups in total. The van der Waals surface area contributed by atoms with Gasteiger partial charge in [-0.25, -0.2) is 17.6 Å². The zero-order valence-electron chi connectivity index (χ0n) is 14.6. The monoisotopic (exact) mass is 543 g/mol. The molecule has 0 unspecified atom stereocenters. The van der Waals surface area contributed by atoms with Crippen molar-refractivity contribution in [1.29, 1.82) is 0 Å². The van der Waals surface area contributed by atoms with Crippen molar-refractivity contribution < 1.29 is 30.8 Å². The van der Waals surface area contributed by atoms with Gasteiger partial charge in [-0.2, -0.15) is 12.7 Å². The summed E-state index contributed by atoms with van der Waals surface area (Å²) in [7, 11) is -4.30. The van der Waals surface area contributed by atoms with Gasteiger partial charge in [-0.15, -0.1) is 0 Å². The Morgan fingerprint density at radius 3 is 2.21 bits per heavy atom. The summed E-state index contributed by atoms with van der Waals surface area (Å²) >= 11 is 1.85. The molecular formula is C17H14F4IN3O3S. The quantitative estimate of drug-likeness (QED) is 0.341. The van der Waals surface area contributed by atoms with E-state index in [1.165, 1.54) is 12.1 Å². The van der Waals surface area contributed by atoms with Gasteiger partial charge in [-0.1, -0.05) is 0 Å². The summed E-state index contributed by atoms with van der Waals surface area (Å²) in [5.74, 6) is -6.08. The molecular weight excluding hydrogens is 529 g/mol. The largest absolute Gasteiger partial charge is 0.349 e. The van der Waals surface area contributed by atoms with Crippen molar-refractivity contribution >= 4 is 55.6 Å². The highest BCUT2D eigenvalue weighted by Crippen LogP contribution is 2.34. The number of halogens is 5. The van der Waals surface area contributed by atoms with E-state index >= 15 is 0 Å². The van der Waals surface area contributed by atoms with Crippen molar-refractivity contribution in [3.63, 3.8) is 0 Å². The first kappa shape index (κ1) is 21.8. The normalized spacial score (nSPS) is 15.4. The van der Waals surface area contributed by atoms with E-state index in [2.05, 4.69) is 5.32 Å². The number of nitrogens with one attached hydrogen (secondary N) is 2. The Morgan fingerprint density at radius 1 is 0.931 bits per heavy atom. The molecule has 1 saturated heterocycles. The number of carbonyl (C=O) groups is 1. The molecule has 3 rings (SSSR count). The third-order valence-corrected chi connectivity index (χ3v) is 6.41. The fraction of sp³-hybridized carbons (Fsp3) is 0.235. The van der Waals surface area contributed by atoms with Gasteiger partial charge in [0.05, 0.1) is 11.4 Å². The number of rotatable bonds is 5. The lowest BCUT2D eigenvalue weighted by atomic mass is 10.1. The maximum atomic E-state index is 14.4. The van der Waals surface area contributed by atoms with E-state index in [0.717, 1.165) is 10.4 Å². The SMILES string of the molecule is O=C1CCN(S(=O)(=O)Nc2cc(F)c(F)c(F)c2Nc2ccc(I)cc2F)CC1. The second kappa shape index (κ2) is 8.44. The predicted molar refractivity (Wildman–Crippen MR) is 107 cm³/mol. The summed E-state index contributed by atoms with van der Waals surface area (Å²) in [6, 6.07) is 4.30. The fourth-order valence-corrected chi connectivity index (χ4v) is 4.39. The summed E-state index contributed by atoms with van der Waals surface area (Å²) in [5, 5.41) is 2.28. The Labute approximate surface area is 177 Å². The van der Waals surface area contributed by atoms with Crippen molar-refractivity contribution in [2.75, 3.05) is 23.1 Å². The molecule has 0 saturated carbocycles. The summed E-state index contributed by atoms with van der Waals surface area (Å²) in [4.78, 5) is 11.3. The molecule has 29 heavy (non-hydrogen) atoms. The minimum absolute atomic E-state index is 0.00597. The number of nitrogens with zero attached hydrogens (tertiary/aromatic N) is 1. The Hall–Kier alpha value is -1.93. The smallest absolute Gasteiger partial charge is 0.301 e. The molecule has 6 nitrogen and oxygen atoms in total. The molecule has 0 amide bonds. The minimum atomic E-state index is -4.30. The third kappa shape index (κ3) is 4.80. The molecule has 0 aliphatic carbocycles. The summed E-state index contributed by atoms with van der Waals surface area (Å²) in [6.07, 6.45) is 0.0119. The lowest BCUT2D eigenvalue weighted by Gasteiger charge is -2.26. The van der Waals surface area contributed by atoms with Crippen LogP contribution in [0.1, 0.15) is 12.8 Å². The van der Waals surface area contributed by atoms with Gasteiger partial charge in [0, 0.05) is 35.6 Å². The molecule has 12 heteroatoms. The van der Waals surface area contributed by atoms with Gasteiger partial charge in [0.2, 0.25) is 0 Å². The number of anilines is 3. The molecule has 0 aromatic heterocycles. The topological polar surface area (TPSA) is 78.5 Å². The number of hydrogen-bond acceptors (Lipinski definition) is 4. The van der Waals surface area contributed by atoms with Crippen molar-refractivity contribution in [2.24, 2.45) is 0 Å². The first-order valence-corrected chi connectivity index (χ1v) is 10.8. The maximum absolute atomic E-state index is 14.4. The van der Waals surface area contributed by atoms with Crippen LogP contribution in [0.15, 0.2) is 24.3 Å². The molecule has 0 spiro atoms. The molecule has 0 radical (unpaired) electrons. The number of ketones is 1. The molecule has 1 aliphatic heterocycles. The van der Waals surface area contributed by atoms with E-state index < -0.39 is 44.9 Å². The lowest BCUT2D eigenvalue weighted by Crippen LogP contribution is -2.41. The van der Waals surface area contributed by atoms with Crippen molar-refractivity contribution in [2.45, 2.75) is 12.8 Å². The van der Waals surface area contributed by atoms with E-state index in [-0.39, 0.29) is 37.4 Å². The molecule has 1 fully saturated rings. The number of carbonyl (C=O) groups excluding carboxylic acids is 1. The highest BCUT2D eigenvalue weighted by atomic mass is 127. The van der Waals surface area contributed by atoms with Crippen LogP contribution < -0.4 is 10.0 Å². The molecule has 1 aliphatic rings. The van der Waals surface area contributed by atoms with Gasteiger partial charge < -0.3 is 5.32 Å². The van der Waals surface area contributed by atoms with Gasteiger partial charge in [0.15, 0.2) is 17.5 Å². The van der Waals surface area contributed by atoms with Crippen LogP contribution in [0.3, 0.4) is 0 Å². The average Bonchev–Trinajstić information content (AvgIpc) is 2.65. The number of hydrogen-bond donors (Lipinski definition) is 2. The van der Waals surface area contributed by atoms with E-state index in [0.29, 0.717) is 9.64 Å². The van der Waals surface area contributed by atoms with Crippen LogP contribution in [-0.4, -0.2) is 31.6 Å². The standard InChI is InChI=1S/C17H14F4IN3O3S/c18-11-7-9(22)1-2-13(11)23-17-14(8-12(19)15(20)16(17)21)24-29(27,28)25-5-3-10(26)4-6-25/h1-2,7-8,23-24H,3-6H2. The van der Waals surface area contributed by atoms with Crippen molar-refractivity contribution in [3.05, 3.63) is 51.1 Å². The van der Waals surface area contributed by atoms with E-state index in [1.807, 2.05) is 27.3 Å². The Balaban J connectivity index is 1.98. The van der Waals surface area contributed by atoms with Gasteiger partial charge in [-0.05, 0) is 40.8 Å². The van der Waals surface area contributed by atoms with Gasteiger partial charge in [-0.3, -0.25) is 9.52 Å². The number of piperidine rings is 1. The van der Waals surface area contributed by atoms with Crippen molar-refractivity contribution in [1.82, 2.24) is 4.31 Å². The first-order valence-electron chi connectivity index (χ1n) is 8.27. The average molecular weight is 543 g/mol. The highest BCUT2D eigenvalue weighted by Gasteiger charge is 2.29. The summed E-state index contributed by atoms with van der Waals surface area (Å²) in [5.41, 5.74) is -1.68. The first-order chi connectivity index (χ1) is 13.6. The molecule has 156 valence electrons. The van der Waals surface area contributed by atoms with Crippen LogP contribution in [0.5, 0.6) is 0 Å². The molecule has 0 atom stereocenters. The van der Waals surface area contributed by atoms with Gasteiger partial charge in [0.1, 0.15) is 17.3 Å². The van der Waals surface area contributed by atoms with Crippen LogP contribution in [0.2, 0.25) is 0 Å². The maximum Gasteiger partial charge on any atom is 0.301 e. The minimum Gasteiger partial charge on any atom is -0.349 e. The van der Waals surface area contributed by atoms with Gasteiger partial charge >= 0.3 is 10.2 Å². The molecule has 1 heterocycles. The van der Waals surface area contributed by atoms with Gasteiger partial charge in [0.25, 0.3) is 0 Å². The van der Waals surface area contributed by atoms with Crippen LogP contribution in [0, 0.1) is 26.8 Å². The second-order valence-corrected chi connectivity index (χ2v) is 9.12. The zero-order chi connectivity index (χ0) is 21.3. The fourth-order valence-electron chi connectivity index (χ4n) is 2.70. The zero-order valence-corrected chi connectivity index (χ0v) is 17.6. The Morgan fingerprint density at radius 2 is 1.59 bits per heavy atom. The molecule has 0 bridgehead atoms. The second-order valence-electron chi connectivity index (χ2n) is 6.20. The third-order valence-electron chi connectivity index (χ3n) is 4.21. The number of benzene rings is 2. The lowest BCUT2D eigenvalue weighted by molar-refractivity contribution is -0.120. The summed E-state index contributed by atoms with van der Waals surface area (Å²) in [6.45, 7) is -0.205. The molecule has 2 aromatic carbocycles.